The van der Waals surface area contributed by atoms with E-state index in [2.05, 4.69) is 35.7 Å². The predicted octanol–water partition coefficient (Wildman–Crippen LogP) is 6.05. The van der Waals surface area contributed by atoms with Crippen molar-refractivity contribution in [1.82, 2.24) is 0 Å². The molecule has 3 aromatic carbocycles. The van der Waals surface area contributed by atoms with Crippen LogP contribution in [0.5, 0.6) is 0 Å². The van der Waals surface area contributed by atoms with E-state index in [1.165, 1.54) is 0 Å². The van der Waals surface area contributed by atoms with E-state index < -0.39 is 0 Å². The Bertz CT molecular complexity index is 964. The smallest absolute Gasteiger partial charge is 0.258 e. The van der Waals surface area contributed by atoms with Crippen molar-refractivity contribution in [1.29, 1.82) is 0 Å². The third-order valence-corrected chi connectivity index (χ3v) is 5.21. The number of hydrogen-bond acceptors (Lipinski definition) is 1. The molecule has 0 aliphatic rings. The van der Waals surface area contributed by atoms with Crippen LogP contribution in [0.2, 0.25) is 0 Å². The number of hydrogen-bond donors (Lipinski definition) is 0. The molecule has 27 heavy (non-hydrogen) atoms. The highest BCUT2D eigenvalue weighted by atomic mass is 127. The summed E-state index contributed by atoms with van der Waals surface area (Å²) in [6.07, 6.45) is 0. The van der Waals surface area contributed by atoms with Crippen molar-refractivity contribution in [3.8, 4) is 0 Å². The standard InChI is InChI=1S/C24H20INO/c1-18(20-11-5-3-6-12-20)17-26(23-16-10-9-15-22(23)25)24(27)19(2)21-13-7-4-8-14-21/h3-16H,1-2,17H2. The van der Waals surface area contributed by atoms with Gasteiger partial charge in [0.2, 0.25) is 0 Å². The normalized spacial score (nSPS) is 10.3. The summed E-state index contributed by atoms with van der Waals surface area (Å²) in [5.41, 5.74) is 4.05. The molecule has 134 valence electrons. The summed E-state index contributed by atoms with van der Waals surface area (Å²) in [6, 6.07) is 27.3. The minimum absolute atomic E-state index is 0.123. The van der Waals surface area contributed by atoms with E-state index in [1.54, 1.807) is 4.90 Å². The lowest BCUT2D eigenvalue weighted by Gasteiger charge is -2.26. The first-order valence-corrected chi connectivity index (χ1v) is 9.69. The second-order valence-corrected chi connectivity index (χ2v) is 7.32. The second-order valence-electron chi connectivity index (χ2n) is 6.16. The first-order chi connectivity index (χ1) is 13.1. The maximum absolute atomic E-state index is 13.3. The molecule has 0 bridgehead atoms. The van der Waals surface area contributed by atoms with Crippen molar-refractivity contribution < 1.29 is 4.79 Å². The average molecular weight is 465 g/mol. The summed E-state index contributed by atoms with van der Waals surface area (Å²) in [5, 5.41) is 0. The fraction of sp³-hybridized carbons (Fsp3) is 0.0417. The number of para-hydroxylation sites is 1. The molecule has 3 heteroatoms. The van der Waals surface area contributed by atoms with Crippen LogP contribution in [0.15, 0.2) is 98.1 Å². The fourth-order valence-electron chi connectivity index (χ4n) is 2.82. The van der Waals surface area contributed by atoms with E-state index in [0.29, 0.717) is 12.1 Å². The molecule has 1 amide bonds. The summed E-state index contributed by atoms with van der Waals surface area (Å²) >= 11 is 2.26. The summed E-state index contributed by atoms with van der Waals surface area (Å²) < 4.78 is 1.00. The van der Waals surface area contributed by atoms with Crippen molar-refractivity contribution in [3.63, 3.8) is 0 Å². The van der Waals surface area contributed by atoms with Crippen LogP contribution in [-0.2, 0) is 4.79 Å². The molecule has 0 aliphatic carbocycles. The number of amides is 1. The van der Waals surface area contributed by atoms with Crippen LogP contribution in [0.25, 0.3) is 11.1 Å². The first-order valence-electron chi connectivity index (χ1n) is 8.62. The summed E-state index contributed by atoms with van der Waals surface area (Å²) in [5.74, 6) is -0.123. The number of halogens is 1. The summed E-state index contributed by atoms with van der Waals surface area (Å²) in [6.45, 7) is 8.66. The zero-order chi connectivity index (χ0) is 19.2. The fourth-order valence-corrected chi connectivity index (χ4v) is 3.50. The van der Waals surface area contributed by atoms with Crippen LogP contribution in [-0.4, -0.2) is 12.5 Å². The topological polar surface area (TPSA) is 20.3 Å². The minimum atomic E-state index is -0.123. The molecule has 0 N–H and O–H groups in total. The lowest BCUT2D eigenvalue weighted by molar-refractivity contribution is -0.113. The number of nitrogens with zero attached hydrogens (tertiary/aromatic N) is 1. The molecular formula is C24H20INO. The molecule has 0 saturated heterocycles. The Morgan fingerprint density at radius 3 is 1.89 bits per heavy atom. The van der Waals surface area contributed by atoms with Gasteiger partial charge in [0.25, 0.3) is 5.91 Å². The van der Waals surface area contributed by atoms with Crippen LogP contribution < -0.4 is 4.90 Å². The minimum Gasteiger partial charge on any atom is -0.303 e. The molecule has 0 atom stereocenters. The zero-order valence-electron chi connectivity index (χ0n) is 14.9. The Hall–Kier alpha value is -2.66. The molecule has 0 saturated carbocycles. The molecule has 0 fully saturated rings. The molecule has 0 heterocycles. The van der Waals surface area contributed by atoms with Gasteiger partial charge in [-0.15, -0.1) is 0 Å². The van der Waals surface area contributed by atoms with Gasteiger partial charge in [0.15, 0.2) is 0 Å². The van der Waals surface area contributed by atoms with Crippen LogP contribution >= 0.6 is 22.6 Å². The van der Waals surface area contributed by atoms with Crippen LogP contribution in [0.3, 0.4) is 0 Å². The molecule has 0 radical (unpaired) electrons. The molecule has 0 aromatic heterocycles. The van der Waals surface area contributed by atoms with Crippen LogP contribution in [0.4, 0.5) is 5.69 Å². The first kappa shape index (κ1) is 19.1. The van der Waals surface area contributed by atoms with Crippen molar-refractivity contribution in [3.05, 3.63) is 113 Å². The van der Waals surface area contributed by atoms with E-state index in [0.717, 1.165) is 26.0 Å². The maximum Gasteiger partial charge on any atom is 0.258 e. The summed E-state index contributed by atoms with van der Waals surface area (Å²) in [7, 11) is 0. The predicted molar refractivity (Wildman–Crippen MR) is 122 cm³/mol. The second kappa shape index (κ2) is 8.82. The van der Waals surface area contributed by atoms with Crippen LogP contribution in [0, 0.1) is 3.57 Å². The molecule has 2 nitrogen and oxygen atoms in total. The SMILES string of the molecule is C=C(CN(C(=O)C(=C)c1ccccc1)c1ccccc1I)c1ccccc1. The number of benzene rings is 3. The lowest BCUT2D eigenvalue weighted by atomic mass is 10.0. The molecule has 3 aromatic rings. The van der Waals surface area contributed by atoms with Crippen molar-refractivity contribution in [2.24, 2.45) is 0 Å². The lowest BCUT2D eigenvalue weighted by Crippen LogP contribution is -2.33. The third-order valence-electron chi connectivity index (χ3n) is 4.30. The molecule has 0 spiro atoms. The maximum atomic E-state index is 13.3. The van der Waals surface area contributed by atoms with Gasteiger partial charge in [0.05, 0.1) is 12.2 Å². The van der Waals surface area contributed by atoms with E-state index in [4.69, 9.17) is 0 Å². The molecule has 0 aliphatic heterocycles. The number of carbonyl (C=O) groups is 1. The third kappa shape index (κ3) is 4.55. The van der Waals surface area contributed by atoms with E-state index in [-0.39, 0.29) is 5.91 Å². The van der Waals surface area contributed by atoms with Crippen molar-refractivity contribution >= 4 is 45.3 Å². The van der Waals surface area contributed by atoms with E-state index in [9.17, 15) is 4.79 Å². The van der Waals surface area contributed by atoms with Crippen molar-refractivity contribution in [2.45, 2.75) is 0 Å². The van der Waals surface area contributed by atoms with Gasteiger partial charge in [-0.2, -0.15) is 0 Å². The Labute approximate surface area is 174 Å². The number of rotatable bonds is 6. The average Bonchev–Trinajstić information content (AvgIpc) is 2.72. The van der Waals surface area contributed by atoms with Crippen molar-refractivity contribution in [2.75, 3.05) is 11.4 Å². The molecule has 0 unspecified atom stereocenters. The highest BCUT2D eigenvalue weighted by Crippen LogP contribution is 2.28. The Morgan fingerprint density at radius 2 is 1.30 bits per heavy atom. The Balaban J connectivity index is 1.95. The zero-order valence-corrected chi connectivity index (χ0v) is 17.1. The van der Waals surface area contributed by atoms with E-state index in [1.807, 2.05) is 84.9 Å². The van der Waals surface area contributed by atoms with Gasteiger partial charge >= 0.3 is 0 Å². The van der Waals surface area contributed by atoms with Gasteiger partial charge in [-0.25, -0.2) is 0 Å². The summed E-state index contributed by atoms with van der Waals surface area (Å²) in [4.78, 5) is 15.1. The highest BCUT2D eigenvalue weighted by Gasteiger charge is 2.22. The number of anilines is 1. The van der Waals surface area contributed by atoms with Gasteiger partial charge < -0.3 is 4.90 Å². The van der Waals surface area contributed by atoms with Gasteiger partial charge in [0.1, 0.15) is 0 Å². The molecular weight excluding hydrogens is 445 g/mol. The highest BCUT2D eigenvalue weighted by molar-refractivity contribution is 14.1. The largest absolute Gasteiger partial charge is 0.303 e. The Kier molecular flexibility index (Phi) is 6.24. The van der Waals surface area contributed by atoms with E-state index >= 15 is 0 Å². The van der Waals surface area contributed by atoms with Gasteiger partial charge in [-0.3, -0.25) is 4.79 Å². The Morgan fingerprint density at radius 1 is 0.778 bits per heavy atom. The van der Waals surface area contributed by atoms with Crippen LogP contribution in [0.1, 0.15) is 11.1 Å². The quantitative estimate of drug-likeness (QED) is 0.321. The van der Waals surface area contributed by atoms with Gasteiger partial charge in [-0.05, 0) is 51.4 Å². The van der Waals surface area contributed by atoms with Gasteiger partial charge in [-0.1, -0.05) is 86.0 Å². The van der Waals surface area contributed by atoms with Gasteiger partial charge in [0, 0.05) is 9.14 Å². The monoisotopic (exact) mass is 465 g/mol. The number of carbonyl (C=O) groups excluding carboxylic acids is 1. The molecule has 3 rings (SSSR count).